The van der Waals surface area contributed by atoms with E-state index >= 15 is 0 Å². The normalized spacial score (nSPS) is 10.5. The lowest BCUT2D eigenvalue weighted by atomic mass is 10.1. The first-order chi connectivity index (χ1) is 12.2. The van der Waals surface area contributed by atoms with Gasteiger partial charge >= 0.3 is 0 Å². The Hall–Kier alpha value is -3.15. The van der Waals surface area contributed by atoms with Crippen LogP contribution in [0.2, 0.25) is 0 Å². The maximum Gasteiger partial charge on any atom is 0.253 e. The Morgan fingerprint density at radius 1 is 0.960 bits per heavy atom. The fourth-order valence-corrected chi connectivity index (χ4v) is 2.70. The van der Waals surface area contributed by atoms with Crippen LogP contribution in [0.3, 0.4) is 0 Å². The van der Waals surface area contributed by atoms with Crippen molar-refractivity contribution in [1.82, 2.24) is 4.98 Å². The molecule has 0 aliphatic carbocycles. The van der Waals surface area contributed by atoms with Crippen LogP contribution in [0.15, 0.2) is 47.3 Å². The summed E-state index contributed by atoms with van der Waals surface area (Å²) in [5.41, 5.74) is 2.12. The number of benzene rings is 2. The van der Waals surface area contributed by atoms with Crippen LogP contribution in [0.4, 0.5) is 5.69 Å². The van der Waals surface area contributed by atoms with Crippen molar-refractivity contribution in [2.45, 2.75) is 6.54 Å². The topological polar surface area (TPSA) is 72.6 Å². The minimum atomic E-state index is -0.112. The zero-order valence-corrected chi connectivity index (χ0v) is 14.4. The van der Waals surface area contributed by atoms with Gasteiger partial charge in [-0.3, -0.25) is 4.79 Å². The fourth-order valence-electron chi connectivity index (χ4n) is 2.70. The number of hydrogen-bond acceptors (Lipinski definition) is 5. The molecule has 0 atom stereocenters. The van der Waals surface area contributed by atoms with Crippen molar-refractivity contribution in [2.75, 3.05) is 26.6 Å². The quantitative estimate of drug-likeness (QED) is 0.721. The Labute approximate surface area is 145 Å². The molecule has 0 saturated heterocycles. The molecule has 25 heavy (non-hydrogen) atoms. The highest BCUT2D eigenvalue weighted by Crippen LogP contribution is 2.39. The van der Waals surface area contributed by atoms with Gasteiger partial charge in [-0.25, -0.2) is 0 Å². The Kier molecular flexibility index (Phi) is 4.79. The second-order valence-corrected chi connectivity index (χ2v) is 5.48. The van der Waals surface area contributed by atoms with E-state index in [9.17, 15) is 4.79 Å². The third kappa shape index (κ3) is 3.38. The third-order valence-electron chi connectivity index (χ3n) is 3.98. The molecule has 6 nitrogen and oxygen atoms in total. The summed E-state index contributed by atoms with van der Waals surface area (Å²) < 4.78 is 16.0. The molecule has 0 spiro atoms. The number of H-pyrrole nitrogens is 1. The largest absolute Gasteiger partial charge is 0.493 e. The highest BCUT2D eigenvalue weighted by atomic mass is 16.5. The molecular weight excluding hydrogens is 320 g/mol. The maximum atomic E-state index is 12.2. The summed E-state index contributed by atoms with van der Waals surface area (Å²) in [6, 6.07) is 13.2. The Bertz CT molecular complexity index is 925. The van der Waals surface area contributed by atoms with E-state index in [1.165, 1.54) is 0 Å². The van der Waals surface area contributed by atoms with Crippen LogP contribution in [-0.2, 0) is 6.54 Å². The van der Waals surface area contributed by atoms with Crippen LogP contribution in [0.1, 0.15) is 5.56 Å². The van der Waals surface area contributed by atoms with Gasteiger partial charge in [0.25, 0.3) is 5.56 Å². The number of methoxy groups -OCH3 is 3. The summed E-state index contributed by atoms with van der Waals surface area (Å²) in [6.07, 6.45) is 0. The Morgan fingerprint density at radius 2 is 1.64 bits per heavy atom. The molecule has 130 valence electrons. The molecule has 0 aliphatic heterocycles. The SMILES string of the molecule is COc1cc(NCc2cc3ccccc3[nH]c2=O)cc(OC)c1OC. The summed E-state index contributed by atoms with van der Waals surface area (Å²) >= 11 is 0. The smallest absolute Gasteiger partial charge is 0.253 e. The van der Waals surface area contributed by atoms with Crippen molar-refractivity contribution >= 4 is 16.6 Å². The predicted molar refractivity (Wildman–Crippen MR) is 98.0 cm³/mol. The highest BCUT2D eigenvalue weighted by Gasteiger charge is 2.13. The standard InChI is InChI=1S/C19H20N2O4/c1-23-16-9-14(10-17(24-2)18(16)25-3)20-11-13-8-12-6-4-5-7-15(12)21-19(13)22/h4-10,20H,11H2,1-3H3,(H,21,22). The molecule has 0 fully saturated rings. The Morgan fingerprint density at radius 3 is 2.28 bits per heavy atom. The van der Waals surface area contributed by atoms with Gasteiger partial charge in [0, 0.05) is 35.4 Å². The number of nitrogens with one attached hydrogen (secondary N) is 2. The van der Waals surface area contributed by atoms with Crippen LogP contribution < -0.4 is 25.1 Å². The lowest BCUT2D eigenvalue weighted by molar-refractivity contribution is 0.324. The maximum absolute atomic E-state index is 12.2. The van der Waals surface area contributed by atoms with Crippen molar-refractivity contribution in [3.05, 3.63) is 58.4 Å². The van der Waals surface area contributed by atoms with Gasteiger partial charge in [-0.15, -0.1) is 0 Å². The van der Waals surface area contributed by atoms with Gasteiger partial charge in [0.15, 0.2) is 11.5 Å². The molecule has 1 aromatic heterocycles. The second-order valence-electron chi connectivity index (χ2n) is 5.48. The van der Waals surface area contributed by atoms with E-state index in [1.807, 2.05) is 30.3 Å². The molecule has 2 N–H and O–H groups in total. The number of para-hydroxylation sites is 1. The van der Waals surface area contributed by atoms with Crippen molar-refractivity contribution in [3.63, 3.8) is 0 Å². The van der Waals surface area contributed by atoms with Gasteiger partial charge in [0.1, 0.15) is 0 Å². The number of ether oxygens (including phenoxy) is 3. The van der Waals surface area contributed by atoms with E-state index in [2.05, 4.69) is 10.3 Å². The summed E-state index contributed by atoms with van der Waals surface area (Å²) in [5.74, 6) is 1.63. The van der Waals surface area contributed by atoms with Crippen LogP contribution >= 0.6 is 0 Å². The van der Waals surface area contributed by atoms with Gasteiger partial charge in [0.2, 0.25) is 5.75 Å². The molecule has 2 aromatic carbocycles. The van der Waals surface area contributed by atoms with Crippen LogP contribution in [0, 0.1) is 0 Å². The van der Waals surface area contributed by atoms with Gasteiger partial charge in [-0.1, -0.05) is 18.2 Å². The molecule has 0 bridgehead atoms. The van der Waals surface area contributed by atoms with Crippen molar-refractivity contribution in [1.29, 1.82) is 0 Å². The first-order valence-corrected chi connectivity index (χ1v) is 7.81. The summed E-state index contributed by atoms with van der Waals surface area (Å²) in [7, 11) is 4.69. The van der Waals surface area contributed by atoms with Crippen molar-refractivity contribution < 1.29 is 14.2 Å². The van der Waals surface area contributed by atoms with E-state index < -0.39 is 0 Å². The van der Waals surface area contributed by atoms with Crippen molar-refractivity contribution in [2.24, 2.45) is 0 Å². The molecular formula is C19H20N2O4. The first-order valence-electron chi connectivity index (χ1n) is 7.81. The molecule has 0 unspecified atom stereocenters. The fraction of sp³-hybridized carbons (Fsp3) is 0.211. The van der Waals surface area contributed by atoms with Crippen LogP contribution in [0.5, 0.6) is 17.2 Å². The molecule has 0 aliphatic rings. The molecule has 3 rings (SSSR count). The van der Waals surface area contributed by atoms with E-state index in [1.54, 1.807) is 33.5 Å². The first kappa shape index (κ1) is 16.7. The number of rotatable bonds is 6. The van der Waals surface area contributed by atoms with Crippen LogP contribution in [-0.4, -0.2) is 26.3 Å². The second kappa shape index (κ2) is 7.17. The number of aromatic nitrogens is 1. The average Bonchev–Trinajstić information content (AvgIpc) is 2.65. The van der Waals surface area contributed by atoms with Gasteiger partial charge in [0.05, 0.1) is 21.3 Å². The molecule has 3 aromatic rings. The zero-order valence-electron chi connectivity index (χ0n) is 14.4. The number of aromatic amines is 1. The molecule has 0 saturated carbocycles. The molecule has 6 heteroatoms. The Balaban J connectivity index is 1.89. The number of pyridine rings is 1. The van der Waals surface area contributed by atoms with Crippen LogP contribution in [0.25, 0.3) is 10.9 Å². The molecule has 0 radical (unpaired) electrons. The van der Waals surface area contributed by atoms with E-state index in [0.29, 0.717) is 29.4 Å². The summed E-state index contributed by atoms with van der Waals surface area (Å²) in [6.45, 7) is 0.374. The minimum absolute atomic E-state index is 0.112. The van der Waals surface area contributed by atoms with E-state index in [-0.39, 0.29) is 5.56 Å². The monoisotopic (exact) mass is 340 g/mol. The van der Waals surface area contributed by atoms with E-state index in [4.69, 9.17) is 14.2 Å². The molecule has 0 amide bonds. The number of fused-ring (bicyclic) bond motifs is 1. The zero-order chi connectivity index (χ0) is 17.8. The van der Waals surface area contributed by atoms with Crippen molar-refractivity contribution in [3.8, 4) is 17.2 Å². The highest BCUT2D eigenvalue weighted by molar-refractivity contribution is 5.78. The van der Waals surface area contributed by atoms with Gasteiger partial charge < -0.3 is 24.5 Å². The third-order valence-corrected chi connectivity index (χ3v) is 3.98. The van der Waals surface area contributed by atoms with E-state index in [0.717, 1.165) is 16.6 Å². The lowest BCUT2D eigenvalue weighted by Crippen LogP contribution is -2.15. The van der Waals surface area contributed by atoms with Gasteiger partial charge in [-0.2, -0.15) is 0 Å². The predicted octanol–water partition coefficient (Wildman–Crippen LogP) is 3.17. The average molecular weight is 340 g/mol. The number of anilines is 1. The molecule has 1 heterocycles. The lowest BCUT2D eigenvalue weighted by Gasteiger charge is -2.15. The summed E-state index contributed by atoms with van der Waals surface area (Å²) in [5, 5.41) is 4.22. The summed E-state index contributed by atoms with van der Waals surface area (Å²) in [4.78, 5) is 15.1. The number of hydrogen-bond donors (Lipinski definition) is 2. The van der Waals surface area contributed by atoms with Gasteiger partial charge in [-0.05, 0) is 17.5 Å². The minimum Gasteiger partial charge on any atom is -0.493 e.